The number of rotatable bonds is 6. The minimum atomic E-state index is -0.711. The van der Waals surface area contributed by atoms with Crippen molar-refractivity contribution in [1.29, 1.82) is 0 Å². The Morgan fingerprint density at radius 3 is 2.42 bits per heavy atom. The lowest BCUT2D eigenvalue weighted by molar-refractivity contribution is -0.143. The quantitative estimate of drug-likeness (QED) is 0.521. The van der Waals surface area contributed by atoms with Gasteiger partial charge in [0.15, 0.2) is 0 Å². The Balaban J connectivity index is 1.89. The van der Waals surface area contributed by atoms with Gasteiger partial charge < -0.3 is 14.8 Å². The monoisotopic (exact) mass is 444 g/mol. The van der Waals surface area contributed by atoms with Gasteiger partial charge in [-0.05, 0) is 43.2 Å². The van der Waals surface area contributed by atoms with Crippen molar-refractivity contribution in [3.8, 4) is 5.75 Å². The summed E-state index contributed by atoms with van der Waals surface area (Å²) in [5, 5.41) is 4.95. The van der Waals surface area contributed by atoms with Crippen molar-refractivity contribution in [3.63, 3.8) is 0 Å². The van der Waals surface area contributed by atoms with Crippen LogP contribution in [0.3, 0.4) is 0 Å². The minimum Gasteiger partial charge on any atom is -0.496 e. The molecule has 0 aromatic heterocycles. The number of hydrogen-bond acceptors (Lipinski definition) is 4. The van der Waals surface area contributed by atoms with Crippen LogP contribution in [0.15, 0.2) is 78.0 Å². The van der Waals surface area contributed by atoms with Gasteiger partial charge in [0.25, 0.3) is 0 Å². The van der Waals surface area contributed by atoms with Crippen LogP contribution in [-0.2, 0) is 16.1 Å². The van der Waals surface area contributed by atoms with Crippen molar-refractivity contribution in [3.05, 3.63) is 89.1 Å². The van der Waals surface area contributed by atoms with Gasteiger partial charge in [-0.15, -0.1) is 0 Å². The molecule has 0 spiro atoms. The molecule has 33 heavy (non-hydrogen) atoms. The molecule has 0 aliphatic carbocycles. The number of urea groups is 1. The number of benzene rings is 3. The van der Waals surface area contributed by atoms with Crippen LogP contribution in [0.1, 0.15) is 37.9 Å². The highest BCUT2D eigenvalue weighted by atomic mass is 16.5. The second kappa shape index (κ2) is 9.36. The van der Waals surface area contributed by atoms with Crippen LogP contribution in [0.25, 0.3) is 10.8 Å². The number of esters is 1. The maximum absolute atomic E-state index is 13.3. The van der Waals surface area contributed by atoms with Crippen molar-refractivity contribution in [2.75, 3.05) is 7.11 Å². The Bertz CT molecular complexity index is 1220. The van der Waals surface area contributed by atoms with E-state index in [0.29, 0.717) is 23.6 Å². The zero-order chi connectivity index (χ0) is 23.5. The molecule has 170 valence electrons. The number of fused-ring (bicyclic) bond motifs is 1. The second-order valence-electron chi connectivity index (χ2n) is 8.31. The average Bonchev–Trinajstić information content (AvgIpc) is 2.80. The van der Waals surface area contributed by atoms with Crippen LogP contribution in [0.5, 0.6) is 5.75 Å². The number of methoxy groups -OCH3 is 1. The summed E-state index contributed by atoms with van der Waals surface area (Å²) in [6.07, 6.45) is -0.298. The maximum atomic E-state index is 13.3. The standard InChI is InChI=1S/C27H28N2O4/c1-17(2)33-26(30)23-18(3)29(16-19-10-6-5-7-11-19)27(31)28-25(23)24-21-13-9-8-12-20(21)14-15-22(24)32-4/h5-15,17,25H,16H2,1-4H3,(H,28,31)/t25-/m1/s1. The fourth-order valence-corrected chi connectivity index (χ4v) is 4.25. The number of nitrogens with one attached hydrogen (secondary N) is 1. The molecule has 3 aromatic rings. The first-order valence-electron chi connectivity index (χ1n) is 11.0. The fraction of sp³-hybridized carbons (Fsp3) is 0.259. The number of carbonyl (C=O) groups is 2. The van der Waals surface area contributed by atoms with Crippen molar-refractivity contribution in [1.82, 2.24) is 10.2 Å². The third kappa shape index (κ3) is 4.42. The summed E-state index contributed by atoms with van der Waals surface area (Å²) < 4.78 is 11.3. The fourth-order valence-electron chi connectivity index (χ4n) is 4.25. The van der Waals surface area contributed by atoms with E-state index in [1.807, 2.05) is 80.6 Å². The molecule has 1 atom stereocenters. The first-order valence-corrected chi connectivity index (χ1v) is 11.0. The molecule has 4 rings (SSSR count). The summed E-state index contributed by atoms with van der Waals surface area (Å²) in [6.45, 7) is 5.76. The first kappa shape index (κ1) is 22.4. The Hall–Kier alpha value is -3.80. The number of allylic oxidation sites excluding steroid dienone is 1. The van der Waals surface area contributed by atoms with E-state index in [2.05, 4.69) is 5.32 Å². The predicted molar refractivity (Wildman–Crippen MR) is 128 cm³/mol. The Labute approximate surface area is 193 Å². The second-order valence-corrected chi connectivity index (χ2v) is 8.31. The maximum Gasteiger partial charge on any atom is 0.338 e. The molecule has 0 radical (unpaired) electrons. The summed E-state index contributed by atoms with van der Waals surface area (Å²) in [4.78, 5) is 28.2. The van der Waals surface area contributed by atoms with Crippen molar-refractivity contribution >= 4 is 22.8 Å². The van der Waals surface area contributed by atoms with E-state index in [1.54, 1.807) is 18.9 Å². The highest BCUT2D eigenvalue weighted by molar-refractivity contribution is 5.98. The molecule has 1 aliphatic heterocycles. The lowest BCUT2D eigenvalue weighted by atomic mass is 9.90. The lowest BCUT2D eigenvalue weighted by Gasteiger charge is -2.36. The highest BCUT2D eigenvalue weighted by Gasteiger charge is 2.38. The predicted octanol–water partition coefficient (Wildman–Crippen LogP) is 5.34. The van der Waals surface area contributed by atoms with Crippen LogP contribution in [-0.4, -0.2) is 30.1 Å². The Kier molecular flexibility index (Phi) is 6.36. The van der Waals surface area contributed by atoms with Crippen LogP contribution >= 0.6 is 0 Å². The molecule has 1 aliphatic rings. The van der Waals surface area contributed by atoms with Crippen LogP contribution in [0.2, 0.25) is 0 Å². The van der Waals surface area contributed by atoms with Gasteiger partial charge in [0, 0.05) is 11.3 Å². The molecule has 2 amide bonds. The number of ether oxygens (including phenoxy) is 2. The van der Waals surface area contributed by atoms with Gasteiger partial charge in [-0.25, -0.2) is 9.59 Å². The van der Waals surface area contributed by atoms with Crippen LogP contribution < -0.4 is 10.1 Å². The van der Waals surface area contributed by atoms with E-state index in [9.17, 15) is 9.59 Å². The summed E-state index contributed by atoms with van der Waals surface area (Å²) in [7, 11) is 1.59. The van der Waals surface area contributed by atoms with Gasteiger partial charge in [-0.1, -0.05) is 60.7 Å². The van der Waals surface area contributed by atoms with Crippen molar-refractivity contribution in [2.24, 2.45) is 0 Å². The smallest absolute Gasteiger partial charge is 0.338 e. The molecule has 0 saturated carbocycles. The average molecular weight is 445 g/mol. The molecule has 3 aromatic carbocycles. The third-order valence-corrected chi connectivity index (χ3v) is 5.78. The van der Waals surface area contributed by atoms with Crippen molar-refractivity contribution in [2.45, 2.75) is 39.5 Å². The first-order chi connectivity index (χ1) is 15.9. The Morgan fingerprint density at radius 1 is 1.03 bits per heavy atom. The molecule has 6 nitrogen and oxygen atoms in total. The van der Waals surface area contributed by atoms with E-state index < -0.39 is 12.0 Å². The molecule has 0 saturated heterocycles. The molecular weight excluding hydrogens is 416 g/mol. The number of hydrogen-bond donors (Lipinski definition) is 1. The van der Waals surface area contributed by atoms with Gasteiger partial charge in [-0.3, -0.25) is 4.90 Å². The minimum absolute atomic E-state index is 0.280. The topological polar surface area (TPSA) is 67.9 Å². The molecule has 1 N–H and O–H groups in total. The van der Waals surface area contributed by atoms with Gasteiger partial charge >= 0.3 is 12.0 Å². The van der Waals surface area contributed by atoms with Gasteiger partial charge in [0.1, 0.15) is 5.75 Å². The summed E-state index contributed by atoms with van der Waals surface area (Å²) >= 11 is 0. The molecular formula is C27H28N2O4. The highest BCUT2D eigenvalue weighted by Crippen LogP contribution is 2.40. The van der Waals surface area contributed by atoms with Gasteiger partial charge in [0.05, 0.1) is 31.4 Å². The van der Waals surface area contributed by atoms with Gasteiger partial charge in [0.2, 0.25) is 0 Å². The Morgan fingerprint density at radius 2 is 1.73 bits per heavy atom. The van der Waals surface area contributed by atoms with Crippen molar-refractivity contribution < 1.29 is 19.1 Å². The molecule has 6 heteroatoms. The summed E-state index contributed by atoms with van der Waals surface area (Å²) in [6, 6.07) is 20.4. The number of carbonyl (C=O) groups excluding carboxylic acids is 2. The largest absolute Gasteiger partial charge is 0.496 e. The lowest BCUT2D eigenvalue weighted by Crippen LogP contribution is -2.48. The van der Waals surface area contributed by atoms with Crippen LogP contribution in [0.4, 0.5) is 4.79 Å². The van der Waals surface area contributed by atoms with Crippen LogP contribution in [0, 0.1) is 0 Å². The summed E-state index contributed by atoms with van der Waals surface area (Å²) in [5.74, 6) is 0.138. The normalized spacial score (nSPS) is 16.2. The number of amides is 2. The molecule has 0 bridgehead atoms. The number of nitrogens with zero attached hydrogens (tertiary/aromatic N) is 1. The molecule has 0 unspecified atom stereocenters. The zero-order valence-electron chi connectivity index (χ0n) is 19.3. The van der Waals surface area contributed by atoms with E-state index in [1.165, 1.54) is 0 Å². The zero-order valence-corrected chi connectivity index (χ0v) is 19.3. The molecule has 1 heterocycles. The van der Waals surface area contributed by atoms with E-state index in [-0.39, 0.29) is 12.1 Å². The van der Waals surface area contributed by atoms with Gasteiger partial charge in [-0.2, -0.15) is 0 Å². The van der Waals surface area contributed by atoms with E-state index in [4.69, 9.17) is 9.47 Å². The molecule has 0 fully saturated rings. The third-order valence-electron chi connectivity index (χ3n) is 5.78. The van der Waals surface area contributed by atoms with E-state index in [0.717, 1.165) is 21.9 Å². The van der Waals surface area contributed by atoms with E-state index >= 15 is 0 Å². The SMILES string of the molecule is COc1ccc2ccccc2c1[C@@H]1NC(=O)N(Cc2ccccc2)C(C)=C1C(=O)OC(C)C. The summed E-state index contributed by atoms with van der Waals surface area (Å²) in [5.41, 5.74) is 2.66.